The van der Waals surface area contributed by atoms with E-state index in [4.69, 9.17) is 10.5 Å². The largest absolute Gasteiger partial charge is 0.492 e. The minimum absolute atomic E-state index is 0.0650. The number of hydrogen-bond donors (Lipinski definition) is 2. The average molecular weight is 309 g/mol. The molecule has 0 aromatic carbocycles. The van der Waals surface area contributed by atoms with Crippen LogP contribution in [0.3, 0.4) is 0 Å². The number of nitrogens with zero attached hydrogens (tertiary/aromatic N) is 1. The van der Waals surface area contributed by atoms with Gasteiger partial charge >= 0.3 is 0 Å². The molecule has 6 heteroatoms. The molecule has 1 aromatic rings. The van der Waals surface area contributed by atoms with Gasteiger partial charge in [-0.3, -0.25) is 4.79 Å². The van der Waals surface area contributed by atoms with Gasteiger partial charge in [-0.15, -0.1) is 11.3 Å². The second-order valence-corrected chi connectivity index (χ2v) is 7.29. The van der Waals surface area contributed by atoms with Gasteiger partial charge in [0.25, 0.3) is 5.91 Å². The Morgan fingerprint density at radius 3 is 2.48 bits per heavy atom. The Labute approximate surface area is 129 Å². The lowest BCUT2D eigenvalue weighted by Crippen LogP contribution is -2.25. The fourth-order valence-electron chi connectivity index (χ4n) is 2.76. The number of carbonyl (C=O) groups excluding carboxylic acids is 1. The first kappa shape index (κ1) is 14.5. The van der Waals surface area contributed by atoms with E-state index in [1.165, 1.54) is 11.3 Å². The monoisotopic (exact) mass is 309 g/mol. The number of carbonyl (C=O) groups is 1. The zero-order valence-electron chi connectivity index (χ0n) is 12.8. The number of thiophene rings is 1. The molecule has 116 valence electrons. The standard InChI is InChI=1S/C15H23N3O2S/c1-8-6-18(7-9(8)2)15-12(20-3)11(16)13(21-15)14(19)17-10-4-5-10/h8-10H,4-7,16H2,1-3H3,(H,17,19). The lowest BCUT2D eigenvalue weighted by molar-refractivity contribution is 0.0956. The number of nitrogen functional groups attached to an aromatic ring is 1. The first-order chi connectivity index (χ1) is 10.0. The zero-order valence-corrected chi connectivity index (χ0v) is 13.6. The molecule has 0 spiro atoms. The molecule has 1 aliphatic heterocycles. The summed E-state index contributed by atoms with van der Waals surface area (Å²) in [6.45, 7) is 6.49. The van der Waals surface area contributed by atoms with Crippen molar-refractivity contribution in [2.75, 3.05) is 30.8 Å². The maximum atomic E-state index is 12.3. The normalized spacial score (nSPS) is 25.2. The van der Waals surface area contributed by atoms with Gasteiger partial charge in [-0.05, 0) is 24.7 Å². The van der Waals surface area contributed by atoms with Crippen molar-refractivity contribution >= 4 is 27.9 Å². The lowest BCUT2D eigenvalue weighted by Gasteiger charge is -2.17. The Morgan fingerprint density at radius 2 is 1.95 bits per heavy atom. The van der Waals surface area contributed by atoms with E-state index >= 15 is 0 Å². The minimum Gasteiger partial charge on any atom is -0.492 e. The summed E-state index contributed by atoms with van der Waals surface area (Å²) in [5.41, 5.74) is 6.62. The second kappa shape index (κ2) is 5.40. The molecule has 2 heterocycles. The minimum atomic E-state index is -0.0650. The summed E-state index contributed by atoms with van der Waals surface area (Å²) < 4.78 is 5.47. The smallest absolute Gasteiger partial charge is 0.263 e. The Bertz CT molecular complexity index is 543. The van der Waals surface area contributed by atoms with Crippen LogP contribution in [0.25, 0.3) is 0 Å². The molecule has 1 saturated heterocycles. The van der Waals surface area contributed by atoms with E-state index < -0.39 is 0 Å². The fraction of sp³-hybridized carbons (Fsp3) is 0.667. The second-order valence-electron chi connectivity index (χ2n) is 6.29. The van der Waals surface area contributed by atoms with Crippen molar-refractivity contribution < 1.29 is 9.53 Å². The third-order valence-electron chi connectivity index (χ3n) is 4.48. The maximum absolute atomic E-state index is 12.3. The van der Waals surface area contributed by atoms with Gasteiger partial charge in [-0.1, -0.05) is 13.8 Å². The van der Waals surface area contributed by atoms with Crippen LogP contribution in [-0.4, -0.2) is 32.1 Å². The average Bonchev–Trinajstić information content (AvgIpc) is 3.10. The first-order valence-corrected chi connectivity index (χ1v) is 8.35. The van der Waals surface area contributed by atoms with E-state index in [0.29, 0.717) is 34.2 Å². The number of nitrogens with two attached hydrogens (primary N) is 1. The summed E-state index contributed by atoms with van der Waals surface area (Å²) in [7, 11) is 1.62. The highest BCUT2D eigenvalue weighted by Gasteiger charge is 2.33. The number of ether oxygens (including phenoxy) is 1. The molecule has 5 nitrogen and oxygen atoms in total. The maximum Gasteiger partial charge on any atom is 0.263 e. The molecule has 2 atom stereocenters. The summed E-state index contributed by atoms with van der Waals surface area (Å²) in [5.74, 6) is 1.87. The number of methoxy groups -OCH3 is 1. The molecule has 2 unspecified atom stereocenters. The van der Waals surface area contributed by atoms with Crippen LogP contribution in [0.15, 0.2) is 0 Å². The van der Waals surface area contributed by atoms with Crippen molar-refractivity contribution in [3.05, 3.63) is 4.88 Å². The summed E-state index contributed by atoms with van der Waals surface area (Å²) in [4.78, 5) is 15.2. The Balaban J connectivity index is 1.87. The first-order valence-electron chi connectivity index (χ1n) is 7.53. The molecule has 21 heavy (non-hydrogen) atoms. The SMILES string of the molecule is COc1c(N2CC(C)C(C)C2)sc(C(=O)NC2CC2)c1N. The molecule has 3 N–H and O–H groups in total. The topological polar surface area (TPSA) is 67.6 Å². The van der Waals surface area contributed by atoms with Gasteiger partial charge in [0.05, 0.1) is 7.11 Å². The van der Waals surface area contributed by atoms with Crippen LogP contribution in [0.5, 0.6) is 5.75 Å². The molecule has 0 radical (unpaired) electrons. The van der Waals surface area contributed by atoms with Crippen molar-refractivity contribution in [1.29, 1.82) is 0 Å². The van der Waals surface area contributed by atoms with E-state index in [1.807, 2.05) is 0 Å². The van der Waals surface area contributed by atoms with Crippen LogP contribution in [0.4, 0.5) is 10.7 Å². The quantitative estimate of drug-likeness (QED) is 0.896. The van der Waals surface area contributed by atoms with E-state index in [2.05, 4.69) is 24.1 Å². The van der Waals surface area contributed by atoms with Gasteiger partial charge in [-0.2, -0.15) is 0 Å². The molecular weight excluding hydrogens is 286 g/mol. The number of hydrogen-bond acceptors (Lipinski definition) is 5. The van der Waals surface area contributed by atoms with Crippen molar-refractivity contribution in [2.45, 2.75) is 32.7 Å². The summed E-state index contributed by atoms with van der Waals surface area (Å²) in [6, 6.07) is 0.334. The van der Waals surface area contributed by atoms with Crippen LogP contribution in [-0.2, 0) is 0 Å². The predicted molar refractivity (Wildman–Crippen MR) is 86.3 cm³/mol. The number of nitrogens with one attached hydrogen (secondary N) is 1. The van der Waals surface area contributed by atoms with Crippen LogP contribution >= 0.6 is 11.3 Å². The molecule has 0 bridgehead atoms. The van der Waals surface area contributed by atoms with Crippen molar-refractivity contribution in [3.8, 4) is 5.75 Å². The van der Waals surface area contributed by atoms with Gasteiger partial charge in [-0.25, -0.2) is 0 Å². The Morgan fingerprint density at radius 1 is 1.33 bits per heavy atom. The predicted octanol–water partition coefficient (Wildman–Crippen LogP) is 2.32. The van der Waals surface area contributed by atoms with Crippen molar-refractivity contribution in [2.24, 2.45) is 11.8 Å². The van der Waals surface area contributed by atoms with Gasteiger partial charge in [0, 0.05) is 19.1 Å². The van der Waals surface area contributed by atoms with E-state index in [0.717, 1.165) is 30.9 Å². The van der Waals surface area contributed by atoms with Gasteiger partial charge in [0.15, 0.2) is 5.75 Å². The van der Waals surface area contributed by atoms with Crippen molar-refractivity contribution in [1.82, 2.24) is 5.32 Å². The lowest BCUT2D eigenvalue weighted by atomic mass is 10.0. The summed E-state index contributed by atoms with van der Waals surface area (Å²) in [5, 5.41) is 3.99. The van der Waals surface area contributed by atoms with Crippen LogP contribution in [0.2, 0.25) is 0 Å². The van der Waals surface area contributed by atoms with Crippen LogP contribution < -0.4 is 20.7 Å². The molecule has 1 aliphatic carbocycles. The van der Waals surface area contributed by atoms with Gasteiger partial charge in [0.1, 0.15) is 15.6 Å². The highest BCUT2D eigenvalue weighted by molar-refractivity contribution is 7.19. The van der Waals surface area contributed by atoms with E-state index in [1.54, 1.807) is 7.11 Å². The zero-order chi connectivity index (χ0) is 15.1. The molecule has 1 saturated carbocycles. The molecule has 2 fully saturated rings. The molecule has 1 amide bonds. The number of anilines is 2. The third-order valence-corrected chi connectivity index (χ3v) is 5.73. The van der Waals surface area contributed by atoms with E-state index in [9.17, 15) is 4.79 Å². The van der Waals surface area contributed by atoms with Gasteiger partial charge in [0.2, 0.25) is 0 Å². The van der Waals surface area contributed by atoms with Crippen LogP contribution in [0, 0.1) is 11.8 Å². The summed E-state index contributed by atoms with van der Waals surface area (Å²) in [6.07, 6.45) is 2.14. The molecule has 3 rings (SSSR count). The molecule has 2 aliphatic rings. The van der Waals surface area contributed by atoms with Crippen LogP contribution in [0.1, 0.15) is 36.4 Å². The Hall–Kier alpha value is -1.43. The highest BCUT2D eigenvalue weighted by atomic mass is 32.1. The Kier molecular flexibility index (Phi) is 3.73. The molecule has 1 aromatic heterocycles. The third kappa shape index (κ3) is 2.69. The number of rotatable bonds is 4. The van der Waals surface area contributed by atoms with E-state index in [-0.39, 0.29) is 5.91 Å². The highest BCUT2D eigenvalue weighted by Crippen LogP contribution is 2.46. The molecular formula is C15H23N3O2S. The van der Waals surface area contributed by atoms with Crippen molar-refractivity contribution in [3.63, 3.8) is 0 Å². The fourth-order valence-corrected chi connectivity index (χ4v) is 3.88. The summed E-state index contributed by atoms with van der Waals surface area (Å²) >= 11 is 1.45. The van der Waals surface area contributed by atoms with Gasteiger partial charge < -0.3 is 20.7 Å². The number of amides is 1.